The van der Waals surface area contributed by atoms with E-state index in [0.717, 1.165) is 77.0 Å². The van der Waals surface area contributed by atoms with Crippen LogP contribution in [0.1, 0.15) is 382 Å². The van der Waals surface area contributed by atoms with Gasteiger partial charge in [-0.15, -0.1) is 0 Å². The Balaban J connectivity index is 2.76. The van der Waals surface area contributed by atoms with Crippen molar-refractivity contribution in [3.63, 3.8) is 0 Å². The molecule has 1 rings (SSSR count). The first-order chi connectivity index (χ1) is 37.4. The number of unbranched alkanes of at least 4 members (excludes halogenated alkanes) is 48. The maximum absolute atomic E-state index is 14.9. The highest BCUT2D eigenvalue weighted by atomic mass is 31.2. The third-order valence-corrected chi connectivity index (χ3v) is 17.6. The number of carbonyl (C=O) groups excluding carboxylic acids is 2. The normalized spacial score (nSPS) is 11.7. The second-order valence-electron chi connectivity index (χ2n) is 23.2. The Morgan fingerprint density at radius 1 is 0.276 bits per heavy atom. The standard InChI is InChI=1S/C68H127O7P/c1-5-9-13-17-21-25-27-29-31-33-35-37-39-41-43-45-49-53-57-72-67(69)64-61-65(68(70)73-58-54-50-46-44-42-40-38-36-34-32-30-28-26-22-18-14-10-6-2)63-66(62-64)76(71,74-59-55-51-47-23-19-15-11-7-3)75-60-56-52-48-24-20-16-12-8-4/h61-63H,5-60H2,1-4H3. The molecule has 0 aliphatic carbocycles. The van der Waals surface area contributed by atoms with Crippen molar-refractivity contribution >= 4 is 24.8 Å². The molecular weight excluding hydrogens is 960 g/mol. The fourth-order valence-electron chi connectivity index (χ4n) is 10.5. The second kappa shape index (κ2) is 56.6. The van der Waals surface area contributed by atoms with Crippen LogP contribution < -0.4 is 5.30 Å². The molecule has 1 aromatic rings. The molecule has 1 aromatic carbocycles. The van der Waals surface area contributed by atoms with Gasteiger partial charge in [-0.2, -0.15) is 0 Å². The van der Waals surface area contributed by atoms with Crippen molar-refractivity contribution in [2.45, 2.75) is 362 Å². The minimum absolute atomic E-state index is 0.187. The first-order valence-corrected chi connectivity index (χ1v) is 35.3. The topological polar surface area (TPSA) is 88.1 Å². The van der Waals surface area contributed by atoms with Crippen molar-refractivity contribution in [3.05, 3.63) is 29.3 Å². The summed E-state index contributed by atoms with van der Waals surface area (Å²) < 4.78 is 39.0. The lowest BCUT2D eigenvalue weighted by Crippen LogP contribution is -2.19. The van der Waals surface area contributed by atoms with Gasteiger partial charge in [-0.05, 0) is 43.9 Å². The number of rotatable bonds is 61. The van der Waals surface area contributed by atoms with Crippen LogP contribution in [0.4, 0.5) is 0 Å². The largest absolute Gasteiger partial charge is 0.462 e. The van der Waals surface area contributed by atoms with Gasteiger partial charge in [0.1, 0.15) is 0 Å². The van der Waals surface area contributed by atoms with Gasteiger partial charge in [0.15, 0.2) is 0 Å². The summed E-state index contributed by atoms with van der Waals surface area (Å²) in [6.07, 6.45) is 65.0. The highest BCUT2D eigenvalue weighted by Gasteiger charge is 2.31. The van der Waals surface area contributed by atoms with E-state index in [2.05, 4.69) is 27.7 Å². The van der Waals surface area contributed by atoms with Crippen LogP contribution in [0.3, 0.4) is 0 Å². The molecule has 76 heavy (non-hydrogen) atoms. The molecule has 446 valence electrons. The van der Waals surface area contributed by atoms with Crippen LogP contribution in [0.5, 0.6) is 0 Å². The zero-order valence-corrected chi connectivity index (χ0v) is 52.0. The van der Waals surface area contributed by atoms with Crippen molar-refractivity contribution in [3.8, 4) is 0 Å². The van der Waals surface area contributed by atoms with Gasteiger partial charge < -0.3 is 18.5 Å². The Labute approximate surface area is 472 Å². The summed E-state index contributed by atoms with van der Waals surface area (Å²) in [7, 11) is -3.90. The summed E-state index contributed by atoms with van der Waals surface area (Å²) in [6.45, 7) is 10.2. The van der Waals surface area contributed by atoms with Crippen LogP contribution in [0.15, 0.2) is 18.2 Å². The molecule has 0 spiro atoms. The van der Waals surface area contributed by atoms with Crippen LogP contribution >= 0.6 is 7.60 Å². The van der Waals surface area contributed by atoms with Crippen molar-refractivity contribution in [2.75, 3.05) is 26.4 Å². The van der Waals surface area contributed by atoms with Gasteiger partial charge in [0, 0.05) is 0 Å². The molecule has 0 N–H and O–H groups in total. The molecule has 0 unspecified atom stereocenters. The predicted octanol–water partition coefficient (Wildman–Crippen LogP) is 23.2. The van der Waals surface area contributed by atoms with Gasteiger partial charge in [-0.25, -0.2) is 9.59 Å². The molecule has 0 aliphatic heterocycles. The van der Waals surface area contributed by atoms with E-state index in [1.54, 1.807) is 18.2 Å². The third-order valence-electron chi connectivity index (χ3n) is 15.7. The molecular formula is C68H127O7P. The Kier molecular flexibility index (Phi) is 53.8. The molecule has 0 heterocycles. The Hall–Kier alpha value is -1.69. The maximum atomic E-state index is 14.9. The van der Waals surface area contributed by atoms with E-state index in [1.807, 2.05) is 0 Å². The third kappa shape index (κ3) is 45.1. The number of ether oxygens (including phenoxy) is 2. The van der Waals surface area contributed by atoms with Gasteiger partial charge in [-0.1, -0.05) is 336 Å². The maximum Gasteiger partial charge on any atom is 0.361 e. The number of hydrogen-bond donors (Lipinski definition) is 0. The van der Waals surface area contributed by atoms with E-state index in [1.165, 1.54) is 257 Å². The Morgan fingerprint density at radius 2 is 0.461 bits per heavy atom. The fourth-order valence-corrected chi connectivity index (χ4v) is 12.2. The molecule has 8 heteroatoms. The van der Waals surface area contributed by atoms with Gasteiger partial charge in [0.2, 0.25) is 0 Å². The van der Waals surface area contributed by atoms with Gasteiger partial charge in [0.05, 0.1) is 42.9 Å². The monoisotopic (exact) mass is 1090 g/mol. The second-order valence-corrected chi connectivity index (χ2v) is 25.2. The minimum Gasteiger partial charge on any atom is -0.462 e. The van der Waals surface area contributed by atoms with Gasteiger partial charge in [0.25, 0.3) is 0 Å². The van der Waals surface area contributed by atoms with Gasteiger partial charge >= 0.3 is 19.5 Å². The fraction of sp³-hybridized carbons (Fsp3) is 0.882. The summed E-state index contributed by atoms with van der Waals surface area (Å²) in [5, 5.41) is 0.231. The average Bonchev–Trinajstić information content (AvgIpc) is 3.43. The number of hydrogen-bond acceptors (Lipinski definition) is 7. The van der Waals surface area contributed by atoms with Crippen LogP contribution in [0.2, 0.25) is 0 Å². The summed E-state index contributed by atoms with van der Waals surface area (Å²) >= 11 is 0. The van der Waals surface area contributed by atoms with Crippen molar-refractivity contribution in [1.29, 1.82) is 0 Å². The van der Waals surface area contributed by atoms with E-state index in [0.29, 0.717) is 13.2 Å². The average molecular weight is 1090 g/mol. The van der Waals surface area contributed by atoms with E-state index in [-0.39, 0.29) is 29.6 Å². The highest BCUT2D eigenvalue weighted by Crippen LogP contribution is 2.48. The van der Waals surface area contributed by atoms with Crippen LogP contribution in [-0.4, -0.2) is 38.4 Å². The summed E-state index contributed by atoms with van der Waals surface area (Å²) in [5.41, 5.74) is 0.373. The smallest absolute Gasteiger partial charge is 0.361 e. The Morgan fingerprint density at radius 3 is 0.671 bits per heavy atom. The van der Waals surface area contributed by atoms with Crippen LogP contribution in [0.25, 0.3) is 0 Å². The van der Waals surface area contributed by atoms with E-state index in [9.17, 15) is 14.2 Å². The quantitative estimate of drug-likeness (QED) is 0.0365. The lowest BCUT2D eigenvalue weighted by molar-refractivity contribution is 0.0496. The molecule has 0 fully saturated rings. The number of esters is 2. The van der Waals surface area contributed by atoms with Crippen molar-refractivity contribution in [1.82, 2.24) is 0 Å². The molecule has 7 nitrogen and oxygen atoms in total. The zero-order valence-electron chi connectivity index (χ0n) is 51.1. The van der Waals surface area contributed by atoms with E-state index < -0.39 is 19.5 Å². The van der Waals surface area contributed by atoms with Crippen LogP contribution in [-0.2, 0) is 23.1 Å². The van der Waals surface area contributed by atoms with E-state index >= 15 is 0 Å². The Bertz CT molecular complexity index is 1350. The molecule has 0 saturated carbocycles. The first-order valence-electron chi connectivity index (χ1n) is 33.8. The first kappa shape index (κ1) is 72.3. The van der Waals surface area contributed by atoms with E-state index in [4.69, 9.17) is 18.5 Å². The molecule has 0 saturated heterocycles. The van der Waals surface area contributed by atoms with Crippen molar-refractivity contribution < 1.29 is 32.7 Å². The molecule has 0 aliphatic rings. The van der Waals surface area contributed by atoms with Crippen molar-refractivity contribution in [2.24, 2.45) is 0 Å². The molecule has 0 atom stereocenters. The zero-order chi connectivity index (χ0) is 54.9. The van der Waals surface area contributed by atoms with Crippen LogP contribution in [0, 0.1) is 0 Å². The van der Waals surface area contributed by atoms with Gasteiger partial charge in [-0.3, -0.25) is 4.57 Å². The lowest BCUT2D eigenvalue weighted by Gasteiger charge is -2.20. The lowest BCUT2D eigenvalue weighted by atomic mass is 10.0. The summed E-state index contributed by atoms with van der Waals surface area (Å²) in [5.74, 6) is -1.05. The molecule has 0 amide bonds. The predicted molar refractivity (Wildman–Crippen MR) is 329 cm³/mol. The summed E-state index contributed by atoms with van der Waals surface area (Å²) in [4.78, 5) is 27.5. The molecule has 0 bridgehead atoms. The number of benzene rings is 1. The highest BCUT2D eigenvalue weighted by molar-refractivity contribution is 7.62. The molecule has 0 radical (unpaired) electrons. The summed E-state index contributed by atoms with van der Waals surface area (Å²) in [6, 6.07) is 4.70. The minimum atomic E-state index is -3.90. The molecule has 0 aromatic heterocycles. The number of carbonyl (C=O) groups is 2. The SMILES string of the molecule is CCCCCCCCCCCCCCCCCCCCOC(=O)c1cc(C(=O)OCCCCCCCCCCCCCCCCCCCC)cc(P(=O)(OCCCCCCCCCC)OCCCCCCCCCC)c1.